The number of carbonyl (C=O) groups excluding carboxylic acids is 1. The number of carbonyl (C=O) groups is 1. The van der Waals surface area contributed by atoms with Gasteiger partial charge in [0, 0.05) is 18.3 Å². The Kier molecular flexibility index (Phi) is 7.19. The van der Waals surface area contributed by atoms with E-state index in [9.17, 15) is 13.6 Å². The number of ether oxygens (including phenoxy) is 1. The maximum absolute atomic E-state index is 12.3. The van der Waals surface area contributed by atoms with Crippen LogP contribution in [0.2, 0.25) is 0 Å². The van der Waals surface area contributed by atoms with Crippen LogP contribution in [0, 0.1) is 6.92 Å². The minimum absolute atomic E-state index is 0.0719. The van der Waals surface area contributed by atoms with Gasteiger partial charge >= 0.3 is 6.61 Å². The molecular weight excluding hydrogens is 326 g/mol. The van der Waals surface area contributed by atoms with Crippen LogP contribution in [0.4, 0.5) is 14.5 Å². The molecule has 2 aromatic carbocycles. The van der Waals surface area contributed by atoms with Gasteiger partial charge in [-0.05, 0) is 37.0 Å². The van der Waals surface area contributed by atoms with E-state index in [-0.39, 0.29) is 18.2 Å². The molecule has 0 bridgehead atoms. The van der Waals surface area contributed by atoms with E-state index in [0.29, 0.717) is 17.8 Å². The van der Waals surface area contributed by atoms with E-state index >= 15 is 0 Å². The Morgan fingerprint density at radius 2 is 1.92 bits per heavy atom. The summed E-state index contributed by atoms with van der Waals surface area (Å²) in [5.74, 6) is -0.0479. The predicted molar refractivity (Wildman–Crippen MR) is 94.1 cm³/mol. The number of amides is 1. The Morgan fingerprint density at radius 1 is 1.16 bits per heavy atom. The number of hydrogen-bond donors (Lipinski definition) is 2. The smallest absolute Gasteiger partial charge is 0.387 e. The molecule has 4 nitrogen and oxygen atoms in total. The van der Waals surface area contributed by atoms with Crippen LogP contribution in [0.15, 0.2) is 48.5 Å². The van der Waals surface area contributed by atoms with E-state index in [2.05, 4.69) is 27.5 Å². The summed E-state index contributed by atoms with van der Waals surface area (Å²) in [7, 11) is 0. The van der Waals surface area contributed by atoms with Crippen molar-refractivity contribution in [2.45, 2.75) is 26.4 Å². The van der Waals surface area contributed by atoms with Gasteiger partial charge in [-0.3, -0.25) is 4.79 Å². The molecule has 0 heterocycles. The third-order valence-electron chi connectivity index (χ3n) is 3.66. The summed E-state index contributed by atoms with van der Waals surface area (Å²) < 4.78 is 29.1. The zero-order valence-corrected chi connectivity index (χ0v) is 14.1. The van der Waals surface area contributed by atoms with Crippen LogP contribution in [0.3, 0.4) is 0 Å². The summed E-state index contributed by atoms with van der Waals surface area (Å²) in [6, 6.07) is 14.9. The third kappa shape index (κ3) is 6.79. The van der Waals surface area contributed by atoms with Gasteiger partial charge in [0.25, 0.3) is 0 Å². The predicted octanol–water partition coefficient (Wildman–Crippen LogP) is 3.76. The Labute approximate surface area is 146 Å². The number of benzene rings is 2. The highest BCUT2D eigenvalue weighted by Crippen LogP contribution is 2.24. The quantitative estimate of drug-likeness (QED) is 0.679. The highest BCUT2D eigenvalue weighted by Gasteiger charge is 2.08. The second-order valence-electron chi connectivity index (χ2n) is 5.65. The maximum atomic E-state index is 12.3. The normalized spacial score (nSPS) is 10.6. The van der Waals surface area contributed by atoms with Crippen LogP contribution in [0.5, 0.6) is 5.75 Å². The van der Waals surface area contributed by atoms with Crippen molar-refractivity contribution in [2.75, 3.05) is 18.4 Å². The zero-order chi connectivity index (χ0) is 18.1. The summed E-state index contributed by atoms with van der Waals surface area (Å²) in [4.78, 5) is 11.8. The fourth-order valence-electron chi connectivity index (χ4n) is 2.34. The van der Waals surface area contributed by atoms with Crippen LogP contribution in [-0.2, 0) is 11.2 Å². The summed E-state index contributed by atoms with van der Waals surface area (Å²) in [5, 5.41) is 5.74. The Hall–Kier alpha value is -2.63. The molecule has 134 valence electrons. The van der Waals surface area contributed by atoms with E-state index in [1.165, 1.54) is 11.6 Å². The second-order valence-corrected chi connectivity index (χ2v) is 5.65. The van der Waals surface area contributed by atoms with Crippen molar-refractivity contribution in [1.82, 2.24) is 5.32 Å². The highest BCUT2D eigenvalue weighted by molar-refractivity contribution is 5.80. The molecule has 25 heavy (non-hydrogen) atoms. The molecule has 0 aromatic heterocycles. The van der Waals surface area contributed by atoms with Gasteiger partial charge < -0.3 is 15.4 Å². The molecule has 0 atom stereocenters. The minimum Gasteiger partial charge on any atom is -0.434 e. The minimum atomic E-state index is -2.87. The molecule has 2 N–H and O–H groups in total. The monoisotopic (exact) mass is 348 g/mol. The maximum Gasteiger partial charge on any atom is 0.387 e. The fraction of sp³-hybridized carbons (Fsp3) is 0.316. The molecule has 0 saturated carbocycles. The number of aryl methyl sites for hydroxylation is 2. The van der Waals surface area contributed by atoms with Gasteiger partial charge in [0.2, 0.25) is 5.91 Å². The largest absolute Gasteiger partial charge is 0.434 e. The third-order valence-corrected chi connectivity index (χ3v) is 3.66. The van der Waals surface area contributed by atoms with Gasteiger partial charge in [-0.25, -0.2) is 0 Å². The second kappa shape index (κ2) is 9.61. The first-order valence-corrected chi connectivity index (χ1v) is 8.14. The van der Waals surface area contributed by atoms with Crippen molar-refractivity contribution in [3.8, 4) is 5.75 Å². The molecule has 0 aliphatic carbocycles. The van der Waals surface area contributed by atoms with Crippen LogP contribution < -0.4 is 15.4 Å². The van der Waals surface area contributed by atoms with E-state index < -0.39 is 6.61 Å². The standard InChI is InChI=1S/C19H22F2N2O2/c1-14-9-10-16(12-17(14)25-19(20)21)23-13-18(24)22-11-5-8-15-6-3-2-4-7-15/h2-4,6-7,9-10,12,19,23H,5,8,11,13H2,1H3,(H,22,24). The zero-order valence-electron chi connectivity index (χ0n) is 14.1. The molecule has 2 aromatic rings. The van der Waals surface area contributed by atoms with E-state index in [1.807, 2.05) is 18.2 Å². The Balaban J connectivity index is 1.71. The average molecular weight is 348 g/mol. The summed E-state index contributed by atoms with van der Waals surface area (Å²) in [6.45, 7) is -0.533. The first-order valence-electron chi connectivity index (χ1n) is 8.14. The first-order chi connectivity index (χ1) is 12.0. The van der Waals surface area contributed by atoms with Gasteiger partial charge in [-0.2, -0.15) is 8.78 Å². The first kappa shape index (κ1) is 18.7. The van der Waals surface area contributed by atoms with Crippen molar-refractivity contribution in [3.05, 3.63) is 59.7 Å². The van der Waals surface area contributed by atoms with Crippen LogP contribution in [-0.4, -0.2) is 25.6 Å². The molecule has 1 amide bonds. The molecule has 6 heteroatoms. The van der Waals surface area contributed by atoms with Crippen LogP contribution >= 0.6 is 0 Å². The van der Waals surface area contributed by atoms with Crippen molar-refractivity contribution in [1.29, 1.82) is 0 Å². The number of halogens is 2. The number of alkyl halides is 2. The van der Waals surface area contributed by atoms with Gasteiger partial charge in [0.05, 0.1) is 6.54 Å². The lowest BCUT2D eigenvalue weighted by Gasteiger charge is -2.12. The van der Waals surface area contributed by atoms with Gasteiger partial charge in [-0.1, -0.05) is 36.4 Å². The van der Waals surface area contributed by atoms with Gasteiger partial charge in [0.1, 0.15) is 5.75 Å². The number of hydrogen-bond acceptors (Lipinski definition) is 3. The molecule has 2 rings (SSSR count). The fourth-order valence-corrected chi connectivity index (χ4v) is 2.34. The molecule has 0 aliphatic heterocycles. The molecule has 0 aliphatic rings. The molecule has 0 saturated heterocycles. The van der Waals surface area contributed by atoms with E-state index in [1.54, 1.807) is 19.1 Å². The average Bonchev–Trinajstić information content (AvgIpc) is 2.60. The van der Waals surface area contributed by atoms with Crippen molar-refractivity contribution >= 4 is 11.6 Å². The number of rotatable bonds is 9. The van der Waals surface area contributed by atoms with Crippen LogP contribution in [0.1, 0.15) is 17.5 Å². The number of nitrogens with one attached hydrogen (secondary N) is 2. The number of anilines is 1. The van der Waals surface area contributed by atoms with Crippen molar-refractivity contribution in [3.63, 3.8) is 0 Å². The topological polar surface area (TPSA) is 50.4 Å². The molecular formula is C19H22F2N2O2. The summed E-state index contributed by atoms with van der Waals surface area (Å²) in [6.07, 6.45) is 1.76. The SMILES string of the molecule is Cc1ccc(NCC(=O)NCCCc2ccccc2)cc1OC(F)F. The Morgan fingerprint density at radius 3 is 2.64 bits per heavy atom. The lowest BCUT2D eigenvalue weighted by molar-refractivity contribution is -0.119. The van der Waals surface area contributed by atoms with E-state index in [0.717, 1.165) is 12.8 Å². The van der Waals surface area contributed by atoms with Crippen LogP contribution in [0.25, 0.3) is 0 Å². The van der Waals surface area contributed by atoms with Crippen molar-refractivity contribution < 1.29 is 18.3 Å². The lowest BCUT2D eigenvalue weighted by Crippen LogP contribution is -2.30. The summed E-state index contributed by atoms with van der Waals surface area (Å²) >= 11 is 0. The van der Waals surface area contributed by atoms with Crippen molar-refractivity contribution in [2.24, 2.45) is 0 Å². The summed E-state index contributed by atoms with van der Waals surface area (Å²) in [5.41, 5.74) is 2.40. The van der Waals surface area contributed by atoms with Gasteiger partial charge in [0.15, 0.2) is 0 Å². The molecule has 0 unspecified atom stereocenters. The molecule has 0 spiro atoms. The Bertz CT molecular complexity index is 678. The highest BCUT2D eigenvalue weighted by atomic mass is 19.3. The molecule has 0 fully saturated rings. The van der Waals surface area contributed by atoms with Gasteiger partial charge in [-0.15, -0.1) is 0 Å². The lowest BCUT2D eigenvalue weighted by atomic mass is 10.1. The molecule has 0 radical (unpaired) electrons. The van der Waals surface area contributed by atoms with E-state index in [4.69, 9.17) is 0 Å².